The molecule has 1 aromatic rings. The molecule has 0 bridgehead atoms. The number of carbonyl (C=O) groups is 1. The number of aryl methyl sites for hydroxylation is 1. The minimum Gasteiger partial charge on any atom is -0.399 e. The molecule has 0 fully saturated rings. The Balaban J connectivity index is 2.45. The van der Waals surface area contributed by atoms with E-state index >= 15 is 0 Å². The average Bonchev–Trinajstić information content (AvgIpc) is 2.24. The second kappa shape index (κ2) is 6.29. The van der Waals surface area contributed by atoms with E-state index in [9.17, 15) is 4.79 Å². The average molecular weight is 276 g/mol. The van der Waals surface area contributed by atoms with Crippen LogP contribution in [-0.2, 0) is 11.2 Å². The van der Waals surface area contributed by atoms with Crippen molar-refractivity contribution in [1.82, 2.24) is 5.32 Å². The van der Waals surface area contributed by atoms with E-state index in [2.05, 4.69) is 39.9 Å². The van der Waals surface area contributed by atoms with Crippen LogP contribution in [0.3, 0.4) is 0 Å². The molecule has 1 aromatic carbocycles. The van der Waals surface area contributed by atoms with Gasteiger partial charge in [-0.05, 0) is 49.8 Å². The van der Waals surface area contributed by atoms with Crippen molar-refractivity contribution in [2.75, 3.05) is 5.73 Å². The number of anilines is 1. The van der Waals surface area contributed by atoms with Crippen molar-refractivity contribution >= 4 is 11.6 Å². The van der Waals surface area contributed by atoms with Crippen molar-refractivity contribution in [3.05, 3.63) is 29.8 Å². The Kier molecular flexibility index (Phi) is 5.21. The first kappa shape index (κ1) is 16.5. The van der Waals surface area contributed by atoms with Crippen LogP contribution in [-0.4, -0.2) is 11.4 Å². The van der Waals surface area contributed by atoms with Crippen LogP contribution in [0.5, 0.6) is 0 Å². The van der Waals surface area contributed by atoms with Crippen LogP contribution in [0.4, 0.5) is 5.69 Å². The Bertz CT molecular complexity index is 441. The molecule has 0 saturated heterocycles. The molecule has 112 valence electrons. The standard InChI is InChI=1S/C17H28N2O/c1-16(2,3)12-17(4,5)19-15(20)11-8-13-6-9-14(18)10-7-13/h6-7,9-10H,8,11-12,18H2,1-5H3,(H,19,20). The molecule has 0 aliphatic heterocycles. The highest BCUT2D eigenvalue weighted by Crippen LogP contribution is 2.26. The van der Waals surface area contributed by atoms with E-state index in [-0.39, 0.29) is 16.9 Å². The Labute approximate surface area is 122 Å². The van der Waals surface area contributed by atoms with Crippen LogP contribution >= 0.6 is 0 Å². The van der Waals surface area contributed by atoms with Gasteiger partial charge in [0.05, 0.1) is 0 Å². The van der Waals surface area contributed by atoms with Gasteiger partial charge in [-0.2, -0.15) is 0 Å². The molecular formula is C17H28N2O. The van der Waals surface area contributed by atoms with Crippen LogP contribution < -0.4 is 11.1 Å². The highest BCUT2D eigenvalue weighted by molar-refractivity contribution is 5.77. The zero-order chi connectivity index (χ0) is 15.4. The van der Waals surface area contributed by atoms with E-state index in [0.717, 1.165) is 24.1 Å². The molecular weight excluding hydrogens is 248 g/mol. The van der Waals surface area contributed by atoms with Gasteiger partial charge in [-0.25, -0.2) is 0 Å². The quantitative estimate of drug-likeness (QED) is 0.808. The SMILES string of the molecule is CC(C)(C)CC(C)(C)NC(=O)CCc1ccc(N)cc1. The molecule has 0 saturated carbocycles. The third-order valence-corrected chi connectivity index (χ3v) is 3.07. The van der Waals surface area contributed by atoms with Gasteiger partial charge in [-0.15, -0.1) is 0 Å². The molecule has 0 spiro atoms. The Morgan fingerprint density at radius 3 is 2.15 bits per heavy atom. The van der Waals surface area contributed by atoms with Crippen LogP contribution in [0.1, 0.15) is 53.0 Å². The molecule has 3 N–H and O–H groups in total. The maximum atomic E-state index is 12.0. The molecule has 0 heterocycles. The van der Waals surface area contributed by atoms with E-state index < -0.39 is 0 Å². The van der Waals surface area contributed by atoms with Crippen molar-refractivity contribution in [1.29, 1.82) is 0 Å². The second-order valence-corrected chi connectivity index (χ2v) is 7.41. The molecule has 0 aliphatic carbocycles. The number of nitrogens with one attached hydrogen (secondary N) is 1. The molecule has 1 rings (SSSR count). The molecule has 3 heteroatoms. The number of nitrogen functional groups attached to an aromatic ring is 1. The predicted molar refractivity (Wildman–Crippen MR) is 85.5 cm³/mol. The molecule has 0 aliphatic rings. The molecule has 0 radical (unpaired) electrons. The first-order chi connectivity index (χ1) is 9.07. The lowest BCUT2D eigenvalue weighted by Crippen LogP contribution is -2.45. The Morgan fingerprint density at radius 1 is 1.10 bits per heavy atom. The lowest BCUT2D eigenvalue weighted by Gasteiger charge is -2.33. The zero-order valence-electron chi connectivity index (χ0n) is 13.4. The normalized spacial score (nSPS) is 12.2. The summed E-state index contributed by atoms with van der Waals surface area (Å²) in [5.41, 5.74) is 7.57. The van der Waals surface area contributed by atoms with E-state index in [1.165, 1.54) is 0 Å². The summed E-state index contributed by atoms with van der Waals surface area (Å²) in [6.45, 7) is 10.7. The van der Waals surface area contributed by atoms with E-state index in [0.29, 0.717) is 6.42 Å². The van der Waals surface area contributed by atoms with E-state index in [4.69, 9.17) is 5.73 Å². The summed E-state index contributed by atoms with van der Waals surface area (Å²) in [6.07, 6.45) is 2.21. The molecule has 20 heavy (non-hydrogen) atoms. The lowest BCUT2D eigenvalue weighted by atomic mass is 9.81. The van der Waals surface area contributed by atoms with Gasteiger partial charge < -0.3 is 11.1 Å². The summed E-state index contributed by atoms with van der Waals surface area (Å²) < 4.78 is 0. The van der Waals surface area contributed by atoms with Gasteiger partial charge in [-0.1, -0.05) is 32.9 Å². The highest BCUT2D eigenvalue weighted by atomic mass is 16.1. The number of rotatable bonds is 5. The van der Waals surface area contributed by atoms with Crippen LogP contribution in [0, 0.1) is 5.41 Å². The summed E-state index contributed by atoms with van der Waals surface area (Å²) in [4.78, 5) is 12.0. The molecule has 0 atom stereocenters. The predicted octanol–water partition coefficient (Wildman–Crippen LogP) is 3.53. The number of amides is 1. The van der Waals surface area contributed by atoms with Crippen LogP contribution in [0.2, 0.25) is 0 Å². The van der Waals surface area contributed by atoms with Crippen LogP contribution in [0.15, 0.2) is 24.3 Å². The van der Waals surface area contributed by atoms with Gasteiger partial charge in [0.25, 0.3) is 0 Å². The van der Waals surface area contributed by atoms with Crippen LogP contribution in [0.25, 0.3) is 0 Å². The van der Waals surface area contributed by atoms with Crippen molar-refractivity contribution in [2.45, 2.75) is 59.4 Å². The van der Waals surface area contributed by atoms with E-state index in [1.807, 2.05) is 24.3 Å². The largest absolute Gasteiger partial charge is 0.399 e. The Morgan fingerprint density at radius 2 is 1.65 bits per heavy atom. The van der Waals surface area contributed by atoms with Crippen molar-refractivity contribution in [2.24, 2.45) is 5.41 Å². The molecule has 3 nitrogen and oxygen atoms in total. The topological polar surface area (TPSA) is 55.1 Å². The number of carbonyl (C=O) groups excluding carboxylic acids is 1. The first-order valence-corrected chi connectivity index (χ1v) is 7.23. The van der Waals surface area contributed by atoms with Gasteiger partial charge in [-0.3, -0.25) is 4.79 Å². The van der Waals surface area contributed by atoms with Gasteiger partial charge in [0.15, 0.2) is 0 Å². The number of benzene rings is 1. The number of hydrogen-bond acceptors (Lipinski definition) is 2. The van der Waals surface area contributed by atoms with Gasteiger partial charge in [0.2, 0.25) is 5.91 Å². The Hall–Kier alpha value is -1.51. The summed E-state index contributed by atoms with van der Waals surface area (Å²) in [7, 11) is 0. The monoisotopic (exact) mass is 276 g/mol. The summed E-state index contributed by atoms with van der Waals surface area (Å²) in [6, 6.07) is 7.69. The molecule has 0 aromatic heterocycles. The van der Waals surface area contributed by atoms with Crippen molar-refractivity contribution < 1.29 is 4.79 Å². The minimum atomic E-state index is -0.170. The number of hydrogen-bond donors (Lipinski definition) is 2. The lowest BCUT2D eigenvalue weighted by molar-refractivity contribution is -0.122. The van der Waals surface area contributed by atoms with Gasteiger partial charge >= 0.3 is 0 Å². The number of nitrogens with two attached hydrogens (primary N) is 1. The van der Waals surface area contributed by atoms with Crippen molar-refractivity contribution in [3.63, 3.8) is 0 Å². The first-order valence-electron chi connectivity index (χ1n) is 7.23. The molecule has 0 unspecified atom stereocenters. The third-order valence-electron chi connectivity index (χ3n) is 3.07. The van der Waals surface area contributed by atoms with Crippen molar-refractivity contribution in [3.8, 4) is 0 Å². The zero-order valence-corrected chi connectivity index (χ0v) is 13.4. The fourth-order valence-electron chi connectivity index (χ4n) is 2.75. The van der Waals surface area contributed by atoms with Gasteiger partial charge in [0.1, 0.15) is 0 Å². The summed E-state index contributed by atoms with van der Waals surface area (Å²) >= 11 is 0. The maximum Gasteiger partial charge on any atom is 0.220 e. The maximum absolute atomic E-state index is 12.0. The minimum absolute atomic E-state index is 0.107. The van der Waals surface area contributed by atoms with Gasteiger partial charge in [0, 0.05) is 17.6 Å². The fourth-order valence-corrected chi connectivity index (χ4v) is 2.75. The van der Waals surface area contributed by atoms with E-state index in [1.54, 1.807) is 0 Å². The summed E-state index contributed by atoms with van der Waals surface area (Å²) in [5, 5.41) is 3.13. The second-order valence-electron chi connectivity index (χ2n) is 7.41. The highest BCUT2D eigenvalue weighted by Gasteiger charge is 2.26. The third kappa shape index (κ3) is 6.60. The smallest absolute Gasteiger partial charge is 0.220 e. The molecule has 1 amide bonds. The fraction of sp³-hybridized carbons (Fsp3) is 0.588. The summed E-state index contributed by atoms with van der Waals surface area (Å²) in [5.74, 6) is 0.107.